The van der Waals surface area contributed by atoms with Crippen molar-refractivity contribution in [2.24, 2.45) is 11.3 Å². The van der Waals surface area contributed by atoms with E-state index in [4.69, 9.17) is 4.74 Å². The molecule has 1 saturated heterocycles. The molecule has 0 radical (unpaired) electrons. The van der Waals surface area contributed by atoms with Gasteiger partial charge in [0.25, 0.3) is 0 Å². The van der Waals surface area contributed by atoms with Crippen LogP contribution in [0.15, 0.2) is 36.6 Å². The second-order valence-electron chi connectivity index (χ2n) is 7.41. The molecule has 2 bridgehead atoms. The molecule has 2 nitrogen and oxygen atoms in total. The molecule has 0 amide bonds. The molecule has 3 unspecified atom stereocenters. The summed E-state index contributed by atoms with van der Waals surface area (Å²) in [5.74, 6) is 1.84. The summed E-state index contributed by atoms with van der Waals surface area (Å²) < 4.78 is 5.91. The van der Waals surface area contributed by atoms with Crippen LogP contribution in [0.25, 0.3) is 0 Å². The molecule has 1 aliphatic heterocycles. The van der Waals surface area contributed by atoms with E-state index in [2.05, 4.69) is 32.3 Å². The summed E-state index contributed by atoms with van der Waals surface area (Å²) in [6, 6.07) is 1.51. The number of likely N-dealkylation sites (tertiary alicyclic amines) is 1. The number of allylic oxidation sites excluding steroid dienone is 4. The quantitative estimate of drug-likeness (QED) is 0.525. The number of hydrogen-bond donors (Lipinski definition) is 0. The highest BCUT2D eigenvalue weighted by molar-refractivity contribution is 5.15. The van der Waals surface area contributed by atoms with Gasteiger partial charge in [0.15, 0.2) is 0 Å². The summed E-state index contributed by atoms with van der Waals surface area (Å²) in [5.41, 5.74) is 0.367. The van der Waals surface area contributed by atoms with Crippen molar-refractivity contribution in [1.29, 1.82) is 0 Å². The molecule has 2 fully saturated rings. The highest BCUT2D eigenvalue weighted by atomic mass is 16.5. The normalized spacial score (nSPS) is 30.3. The van der Waals surface area contributed by atoms with E-state index in [1.807, 2.05) is 25.2 Å². The lowest BCUT2D eigenvalue weighted by molar-refractivity contribution is 0.0388. The Bertz CT molecular complexity index is 416. The molecule has 2 heteroatoms. The van der Waals surface area contributed by atoms with Crippen LogP contribution in [0.3, 0.4) is 0 Å². The van der Waals surface area contributed by atoms with Crippen LogP contribution in [0.4, 0.5) is 0 Å². The smallest absolute Gasteiger partial charge is 0.115 e. The van der Waals surface area contributed by atoms with Gasteiger partial charge in [-0.3, -0.25) is 4.90 Å². The van der Waals surface area contributed by atoms with Gasteiger partial charge < -0.3 is 4.74 Å². The van der Waals surface area contributed by atoms with Crippen LogP contribution in [0.2, 0.25) is 0 Å². The molecular formula is C19H31NO. The number of piperidine rings is 1. The SMILES string of the molecule is C=C/C=C\C(=C/C)OCCN1C2CCC(C2)C1C(C)(C)C. The van der Waals surface area contributed by atoms with Crippen molar-refractivity contribution in [1.82, 2.24) is 4.90 Å². The molecule has 0 aromatic rings. The van der Waals surface area contributed by atoms with E-state index >= 15 is 0 Å². The van der Waals surface area contributed by atoms with Gasteiger partial charge in [0, 0.05) is 18.6 Å². The van der Waals surface area contributed by atoms with E-state index in [9.17, 15) is 0 Å². The molecule has 0 aromatic heterocycles. The average molecular weight is 289 g/mol. The van der Waals surface area contributed by atoms with Crippen LogP contribution in [0, 0.1) is 11.3 Å². The van der Waals surface area contributed by atoms with Gasteiger partial charge >= 0.3 is 0 Å². The van der Waals surface area contributed by atoms with Gasteiger partial charge in [-0.2, -0.15) is 0 Å². The fraction of sp³-hybridized carbons (Fsp3) is 0.684. The molecule has 2 rings (SSSR count). The molecule has 118 valence electrons. The predicted octanol–water partition coefficient (Wildman–Crippen LogP) is 4.55. The van der Waals surface area contributed by atoms with E-state index < -0.39 is 0 Å². The number of nitrogens with zero attached hydrogens (tertiary/aromatic N) is 1. The molecule has 1 aliphatic carbocycles. The number of rotatable bonds is 6. The van der Waals surface area contributed by atoms with Crippen LogP contribution >= 0.6 is 0 Å². The summed E-state index contributed by atoms with van der Waals surface area (Å²) in [6.45, 7) is 14.7. The van der Waals surface area contributed by atoms with Gasteiger partial charge in [-0.05, 0) is 49.7 Å². The van der Waals surface area contributed by atoms with Crippen LogP contribution in [-0.4, -0.2) is 30.1 Å². The fourth-order valence-corrected chi connectivity index (χ4v) is 4.26. The zero-order valence-corrected chi connectivity index (χ0v) is 14.1. The largest absolute Gasteiger partial charge is 0.493 e. The summed E-state index contributed by atoms with van der Waals surface area (Å²) >= 11 is 0. The Hall–Kier alpha value is -1.02. The molecule has 0 spiro atoms. The zero-order valence-electron chi connectivity index (χ0n) is 14.1. The lowest BCUT2D eigenvalue weighted by Gasteiger charge is -2.43. The minimum Gasteiger partial charge on any atom is -0.493 e. The van der Waals surface area contributed by atoms with Gasteiger partial charge in [0.1, 0.15) is 12.4 Å². The Morgan fingerprint density at radius 1 is 1.33 bits per heavy atom. The first-order valence-electron chi connectivity index (χ1n) is 8.31. The molecule has 2 aliphatic rings. The molecule has 1 saturated carbocycles. The molecule has 0 N–H and O–H groups in total. The first-order chi connectivity index (χ1) is 9.97. The number of hydrogen-bond acceptors (Lipinski definition) is 2. The van der Waals surface area contributed by atoms with Gasteiger partial charge in [-0.15, -0.1) is 0 Å². The third-order valence-corrected chi connectivity index (χ3v) is 4.90. The van der Waals surface area contributed by atoms with E-state index in [0.717, 1.165) is 36.9 Å². The van der Waals surface area contributed by atoms with E-state index in [-0.39, 0.29) is 0 Å². The maximum atomic E-state index is 5.91. The van der Waals surface area contributed by atoms with E-state index in [1.165, 1.54) is 19.3 Å². The number of ether oxygens (including phenoxy) is 1. The summed E-state index contributed by atoms with van der Waals surface area (Å²) in [4.78, 5) is 2.72. The second-order valence-corrected chi connectivity index (χ2v) is 7.41. The predicted molar refractivity (Wildman–Crippen MR) is 90.1 cm³/mol. The monoisotopic (exact) mass is 289 g/mol. The van der Waals surface area contributed by atoms with Gasteiger partial charge in [-0.25, -0.2) is 0 Å². The third-order valence-electron chi connectivity index (χ3n) is 4.90. The minimum atomic E-state index is 0.367. The Labute approximate surface area is 130 Å². The van der Waals surface area contributed by atoms with Crippen molar-refractivity contribution in [3.63, 3.8) is 0 Å². The van der Waals surface area contributed by atoms with Gasteiger partial charge in [-0.1, -0.05) is 39.5 Å². The summed E-state index contributed by atoms with van der Waals surface area (Å²) in [7, 11) is 0. The Morgan fingerprint density at radius 2 is 2.10 bits per heavy atom. The standard InChI is InChI=1S/C19H31NO/c1-6-8-9-17(7-2)21-13-12-20-16-11-10-15(14-16)18(20)19(3,4)5/h6-9,15-16,18H,1,10-14H2,2-5H3/b9-8-,17-7+. The third kappa shape index (κ3) is 3.79. The first kappa shape index (κ1) is 16.4. The maximum Gasteiger partial charge on any atom is 0.115 e. The fourth-order valence-electron chi connectivity index (χ4n) is 4.26. The van der Waals surface area contributed by atoms with Crippen molar-refractivity contribution in [2.45, 2.75) is 59.0 Å². The highest BCUT2D eigenvalue weighted by Crippen LogP contribution is 2.48. The first-order valence-corrected chi connectivity index (χ1v) is 8.31. The maximum absolute atomic E-state index is 5.91. The van der Waals surface area contributed by atoms with E-state index in [0.29, 0.717) is 5.41 Å². The lowest BCUT2D eigenvalue weighted by atomic mass is 9.78. The van der Waals surface area contributed by atoms with Crippen molar-refractivity contribution < 1.29 is 4.74 Å². The molecule has 1 heterocycles. The summed E-state index contributed by atoms with van der Waals surface area (Å²) in [5, 5.41) is 0. The Morgan fingerprint density at radius 3 is 2.71 bits per heavy atom. The Kier molecular flexibility index (Phi) is 5.32. The van der Waals surface area contributed by atoms with Crippen LogP contribution in [0.1, 0.15) is 47.0 Å². The average Bonchev–Trinajstić information content (AvgIpc) is 3.02. The molecule has 21 heavy (non-hydrogen) atoms. The summed E-state index contributed by atoms with van der Waals surface area (Å²) in [6.07, 6.45) is 11.9. The highest BCUT2D eigenvalue weighted by Gasteiger charge is 2.49. The topological polar surface area (TPSA) is 12.5 Å². The van der Waals surface area contributed by atoms with Crippen molar-refractivity contribution in [3.05, 3.63) is 36.6 Å². The Balaban J connectivity index is 1.90. The molecule has 0 aromatic carbocycles. The van der Waals surface area contributed by atoms with Crippen LogP contribution < -0.4 is 0 Å². The van der Waals surface area contributed by atoms with Crippen LogP contribution in [-0.2, 0) is 4.74 Å². The van der Waals surface area contributed by atoms with Gasteiger partial charge in [0.05, 0.1) is 0 Å². The van der Waals surface area contributed by atoms with E-state index in [1.54, 1.807) is 6.08 Å². The van der Waals surface area contributed by atoms with Crippen molar-refractivity contribution >= 4 is 0 Å². The minimum absolute atomic E-state index is 0.367. The molecule has 3 atom stereocenters. The lowest BCUT2D eigenvalue weighted by Crippen LogP contribution is -2.49. The van der Waals surface area contributed by atoms with Gasteiger partial charge in [0.2, 0.25) is 0 Å². The van der Waals surface area contributed by atoms with Crippen molar-refractivity contribution in [3.8, 4) is 0 Å². The second kappa shape index (κ2) is 6.83. The number of fused-ring (bicyclic) bond motifs is 2. The van der Waals surface area contributed by atoms with Crippen LogP contribution in [0.5, 0.6) is 0 Å². The molecular weight excluding hydrogens is 258 g/mol. The zero-order chi connectivity index (χ0) is 15.5. The van der Waals surface area contributed by atoms with Crippen molar-refractivity contribution in [2.75, 3.05) is 13.2 Å².